The van der Waals surface area contributed by atoms with E-state index < -0.39 is 0 Å². The summed E-state index contributed by atoms with van der Waals surface area (Å²) in [7, 11) is 2.02. The Kier molecular flexibility index (Phi) is 5.37. The number of aryl methyl sites for hydroxylation is 3. The van der Waals surface area contributed by atoms with Crippen LogP contribution in [0.5, 0.6) is 0 Å². The van der Waals surface area contributed by atoms with Crippen LogP contribution in [0.25, 0.3) is 39.2 Å². The fourth-order valence-corrected chi connectivity index (χ4v) is 3.71. The van der Waals surface area contributed by atoms with Gasteiger partial charge in [0.2, 0.25) is 0 Å². The number of benzene rings is 3. The first-order chi connectivity index (χ1) is 14.1. The fourth-order valence-electron chi connectivity index (χ4n) is 3.71. The molecule has 0 saturated heterocycles. The third-order valence-corrected chi connectivity index (χ3v) is 5.22. The summed E-state index contributed by atoms with van der Waals surface area (Å²) in [5.41, 5.74) is 6.02. The minimum absolute atomic E-state index is 0. The van der Waals surface area contributed by atoms with Crippen molar-refractivity contribution in [2.75, 3.05) is 0 Å². The number of fused-ring (bicyclic) bond motifs is 1. The summed E-state index contributed by atoms with van der Waals surface area (Å²) >= 11 is 0. The first kappa shape index (κ1) is 20.2. The second-order valence-corrected chi connectivity index (χ2v) is 7.08. The van der Waals surface area contributed by atoms with Gasteiger partial charge in [0.05, 0.1) is 17.3 Å². The molecule has 0 fully saturated rings. The van der Waals surface area contributed by atoms with Crippen molar-refractivity contribution in [2.45, 2.75) is 13.8 Å². The monoisotopic (exact) mass is 571 g/mol. The van der Waals surface area contributed by atoms with Gasteiger partial charge in [-0.25, -0.2) is 0 Å². The van der Waals surface area contributed by atoms with Gasteiger partial charge in [-0.05, 0) is 31.0 Å². The summed E-state index contributed by atoms with van der Waals surface area (Å²) in [5, 5.41) is 4.73. The van der Waals surface area contributed by atoms with Gasteiger partial charge in [0.15, 0.2) is 0 Å². The van der Waals surface area contributed by atoms with E-state index in [9.17, 15) is 0 Å². The molecule has 0 unspecified atom stereocenters. The molecular formula is C24H20IrN5-. The molecule has 6 heteroatoms. The summed E-state index contributed by atoms with van der Waals surface area (Å²) in [6.07, 6.45) is 0. The van der Waals surface area contributed by atoms with Gasteiger partial charge >= 0.3 is 0 Å². The van der Waals surface area contributed by atoms with Gasteiger partial charge in [0.1, 0.15) is 5.82 Å². The zero-order valence-corrected chi connectivity index (χ0v) is 19.3. The van der Waals surface area contributed by atoms with Gasteiger partial charge in [-0.15, -0.1) is 18.2 Å². The third-order valence-electron chi connectivity index (χ3n) is 5.22. The molecule has 2 aromatic heterocycles. The van der Waals surface area contributed by atoms with E-state index in [1.807, 2.05) is 68.0 Å². The van der Waals surface area contributed by atoms with Crippen LogP contribution in [-0.4, -0.2) is 24.3 Å². The Morgan fingerprint density at radius 3 is 2.40 bits per heavy atom. The van der Waals surface area contributed by atoms with Crippen LogP contribution < -0.4 is 0 Å². The summed E-state index contributed by atoms with van der Waals surface area (Å²) < 4.78 is 3.99. The van der Waals surface area contributed by atoms with E-state index in [2.05, 4.69) is 34.9 Å². The number of nitrogens with zero attached hydrogens (tertiary/aromatic N) is 5. The number of para-hydroxylation sites is 1. The number of rotatable bonds is 3. The second-order valence-electron chi connectivity index (χ2n) is 7.08. The molecule has 5 aromatic rings. The molecule has 30 heavy (non-hydrogen) atoms. The molecule has 0 saturated carbocycles. The number of hydrogen-bond acceptors (Lipinski definition) is 3. The van der Waals surface area contributed by atoms with Crippen molar-refractivity contribution in [3.63, 3.8) is 0 Å². The molecule has 2 heterocycles. The molecule has 0 amide bonds. The molecule has 3 aromatic carbocycles. The van der Waals surface area contributed by atoms with Crippen molar-refractivity contribution in [1.29, 1.82) is 0 Å². The zero-order valence-electron chi connectivity index (χ0n) is 16.9. The molecular weight excluding hydrogens is 551 g/mol. The minimum Gasteiger partial charge on any atom is -0.349 e. The largest absolute Gasteiger partial charge is 0.349 e. The average molecular weight is 571 g/mol. The van der Waals surface area contributed by atoms with E-state index in [1.54, 1.807) is 0 Å². The smallest absolute Gasteiger partial charge is 0.137 e. The van der Waals surface area contributed by atoms with Gasteiger partial charge in [-0.2, -0.15) is 5.10 Å². The van der Waals surface area contributed by atoms with Crippen LogP contribution in [0, 0.1) is 19.9 Å². The summed E-state index contributed by atoms with van der Waals surface area (Å²) in [4.78, 5) is 9.52. The molecule has 0 N–H and O–H groups in total. The quantitative estimate of drug-likeness (QED) is 0.290. The molecule has 5 nitrogen and oxygen atoms in total. The molecule has 1 radical (unpaired) electrons. The van der Waals surface area contributed by atoms with Crippen molar-refractivity contribution < 1.29 is 20.1 Å². The number of hydrogen-bond donors (Lipinski definition) is 0. The van der Waals surface area contributed by atoms with Crippen LogP contribution >= 0.6 is 0 Å². The number of imidazole rings is 1. The molecule has 0 bridgehead atoms. The van der Waals surface area contributed by atoms with E-state index in [-0.39, 0.29) is 20.1 Å². The van der Waals surface area contributed by atoms with E-state index in [4.69, 9.17) is 15.1 Å². The topological polar surface area (TPSA) is 48.5 Å². The molecule has 0 atom stereocenters. The Morgan fingerprint density at radius 1 is 0.867 bits per heavy atom. The Labute approximate surface area is 188 Å². The van der Waals surface area contributed by atoms with Crippen molar-refractivity contribution in [1.82, 2.24) is 24.3 Å². The predicted molar refractivity (Wildman–Crippen MR) is 115 cm³/mol. The summed E-state index contributed by atoms with van der Waals surface area (Å²) in [6.45, 7) is 3.92. The molecule has 0 aliphatic heterocycles. The normalized spacial score (nSPS) is 10.9. The van der Waals surface area contributed by atoms with E-state index >= 15 is 0 Å². The van der Waals surface area contributed by atoms with Gasteiger partial charge in [0, 0.05) is 38.2 Å². The third kappa shape index (κ3) is 3.28. The maximum absolute atomic E-state index is 4.76. The van der Waals surface area contributed by atoms with Gasteiger partial charge in [-0.3, -0.25) is 14.6 Å². The van der Waals surface area contributed by atoms with E-state index in [0.717, 1.165) is 45.1 Å². The average Bonchev–Trinajstić information content (AvgIpc) is 3.28. The van der Waals surface area contributed by atoms with E-state index in [0.29, 0.717) is 5.82 Å². The molecule has 0 spiro atoms. The first-order valence-electron chi connectivity index (χ1n) is 9.56. The molecule has 0 aliphatic rings. The SMILES string of the molecule is Cc1nc(-c2[c-]ccc3c2nc(C)n3C)n(-c2ccccc2-c2ccccc2)n1.[Ir]. The first-order valence-corrected chi connectivity index (χ1v) is 9.56. The van der Waals surface area contributed by atoms with Crippen molar-refractivity contribution >= 4 is 11.0 Å². The minimum atomic E-state index is 0. The van der Waals surface area contributed by atoms with Gasteiger partial charge in [0.25, 0.3) is 0 Å². The fraction of sp³-hybridized carbons (Fsp3) is 0.125. The predicted octanol–water partition coefficient (Wildman–Crippen LogP) is 4.90. The van der Waals surface area contributed by atoms with Crippen LogP contribution in [0.2, 0.25) is 0 Å². The zero-order chi connectivity index (χ0) is 20.0. The Morgan fingerprint density at radius 2 is 1.60 bits per heavy atom. The van der Waals surface area contributed by atoms with Crippen molar-refractivity contribution in [2.24, 2.45) is 7.05 Å². The maximum Gasteiger partial charge on any atom is 0.137 e. The molecule has 0 aliphatic carbocycles. The summed E-state index contributed by atoms with van der Waals surface area (Å²) in [5.74, 6) is 2.41. The Hall–Kier alpha value is -3.08. The van der Waals surface area contributed by atoms with Crippen LogP contribution in [-0.2, 0) is 27.2 Å². The Bertz CT molecular complexity index is 1330. The van der Waals surface area contributed by atoms with Gasteiger partial charge < -0.3 is 4.57 Å². The second kappa shape index (κ2) is 7.98. The summed E-state index contributed by atoms with van der Waals surface area (Å²) in [6, 6.07) is 25.9. The van der Waals surface area contributed by atoms with Crippen LogP contribution in [0.3, 0.4) is 0 Å². The molecule has 5 rings (SSSR count). The Balaban J connectivity index is 0.00000218. The number of aromatic nitrogens is 5. The van der Waals surface area contributed by atoms with Crippen LogP contribution in [0.4, 0.5) is 0 Å². The molecule has 151 valence electrons. The van der Waals surface area contributed by atoms with Crippen molar-refractivity contribution in [3.8, 4) is 28.2 Å². The van der Waals surface area contributed by atoms with E-state index in [1.165, 1.54) is 0 Å². The van der Waals surface area contributed by atoms with Gasteiger partial charge in [-0.1, -0.05) is 54.1 Å². The van der Waals surface area contributed by atoms with Crippen molar-refractivity contribution in [3.05, 3.63) is 84.4 Å². The standard InChI is InChI=1S/C24H20N5.Ir/c1-16-25-24(20-13-9-15-22-23(20)26-17(2)28(22)3)29(27-16)21-14-8-7-12-19(21)18-10-5-4-6-11-18;/h4-12,14-15H,1-3H3;/q-1;. The van der Waals surface area contributed by atoms with Crippen LogP contribution in [0.15, 0.2) is 66.7 Å². The van der Waals surface area contributed by atoms with Crippen LogP contribution in [0.1, 0.15) is 11.6 Å². The maximum atomic E-state index is 4.76.